The van der Waals surface area contributed by atoms with Gasteiger partial charge in [-0.1, -0.05) is 6.92 Å². The van der Waals surface area contributed by atoms with Crippen LogP contribution in [-0.4, -0.2) is 31.0 Å². The molecule has 7 heteroatoms. The normalized spacial score (nSPS) is 17.5. The van der Waals surface area contributed by atoms with Crippen LogP contribution < -0.4 is 0 Å². The average Bonchev–Trinajstić information content (AvgIpc) is 1.57. The lowest BCUT2D eigenvalue weighted by Crippen LogP contribution is -2.44. The molecule has 0 aliphatic heterocycles. The molecule has 0 N–H and O–H groups in total. The van der Waals surface area contributed by atoms with Gasteiger partial charge in [-0.2, -0.15) is 13.2 Å². The third kappa shape index (κ3) is 5.16. The van der Waals surface area contributed by atoms with Crippen LogP contribution in [0.2, 0.25) is 0 Å². The lowest BCUT2D eigenvalue weighted by atomic mass is 10.8. The minimum Gasteiger partial charge on any atom is -0.798 e. The highest BCUT2D eigenvalue weighted by molar-refractivity contribution is 8.10. The zero-order valence-corrected chi connectivity index (χ0v) is 6.50. The maximum atomic E-state index is 11.4. The second kappa shape index (κ2) is 2.43. The maximum absolute atomic E-state index is 11.4. The fraction of sp³-hybridized carbons (Fsp3) is 1.00. The second-order valence-corrected chi connectivity index (χ2v) is 5.26. The Hall–Kier alpha value is -0.140. The molecule has 0 unspecified atom stereocenters. The van der Waals surface area contributed by atoms with E-state index in [1.165, 1.54) is 0 Å². The van der Waals surface area contributed by atoms with E-state index in [-0.39, 0.29) is 0 Å². The molecule has 0 spiro atoms. The zero-order valence-electron chi connectivity index (χ0n) is 5.68. The summed E-state index contributed by atoms with van der Waals surface area (Å²) in [6.45, 7) is 0.889. The predicted molar refractivity (Wildman–Crippen MR) is 31.2 cm³/mol. The molecular formula is C4H7F3O3S-2. The summed E-state index contributed by atoms with van der Waals surface area (Å²) in [5, 5.41) is 0. The van der Waals surface area contributed by atoms with Crippen LogP contribution in [0, 0.1) is 0 Å². The average molecular weight is 192 g/mol. The Morgan fingerprint density at radius 2 is 1.73 bits per heavy atom. The highest BCUT2D eigenvalue weighted by Crippen LogP contribution is 2.26. The van der Waals surface area contributed by atoms with Crippen molar-refractivity contribution in [1.29, 1.82) is 0 Å². The van der Waals surface area contributed by atoms with E-state index in [0.717, 1.165) is 6.92 Å². The van der Waals surface area contributed by atoms with Crippen molar-refractivity contribution < 1.29 is 26.5 Å². The molecule has 0 atom stereocenters. The molecule has 0 saturated carbocycles. The van der Waals surface area contributed by atoms with Crippen LogP contribution in [-0.2, 0) is 9.63 Å². The Morgan fingerprint density at radius 1 is 1.36 bits per heavy atom. The van der Waals surface area contributed by atoms with Gasteiger partial charge in [0.25, 0.3) is 0 Å². The lowest BCUT2D eigenvalue weighted by molar-refractivity contribution is -0.109. The molecule has 11 heavy (non-hydrogen) atoms. The largest absolute Gasteiger partial charge is 0.798 e. The van der Waals surface area contributed by atoms with Gasteiger partial charge in [0, 0.05) is 0 Å². The molecule has 0 aromatic heterocycles. The van der Waals surface area contributed by atoms with E-state index in [9.17, 15) is 26.5 Å². The summed E-state index contributed by atoms with van der Waals surface area (Å²) in [5.74, 6) is -3.31. The van der Waals surface area contributed by atoms with Crippen molar-refractivity contribution in [2.75, 3.05) is 11.5 Å². The van der Waals surface area contributed by atoms with E-state index in [4.69, 9.17) is 0 Å². The molecule has 0 radical (unpaired) electrons. The van der Waals surface area contributed by atoms with Gasteiger partial charge in [-0.3, -0.25) is 0 Å². The van der Waals surface area contributed by atoms with Crippen LogP contribution in [0.1, 0.15) is 6.92 Å². The Kier molecular flexibility index (Phi) is 2.40. The third-order valence-electron chi connectivity index (χ3n) is 1.00. The van der Waals surface area contributed by atoms with Crippen LogP contribution in [0.3, 0.4) is 0 Å². The monoisotopic (exact) mass is 192 g/mol. The second-order valence-electron chi connectivity index (χ2n) is 2.16. The Balaban J connectivity index is 4.50. The highest BCUT2D eigenvalue weighted by Gasteiger charge is 2.32. The first-order chi connectivity index (χ1) is 4.53. The molecule has 0 saturated heterocycles. The van der Waals surface area contributed by atoms with E-state index >= 15 is 0 Å². The van der Waals surface area contributed by atoms with E-state index in [2.05, 4.69) is 0 Å². The third-order valence-corrected chi connectivity index (χ3v) is 3.00. The van der Waals surface area contributed by atoms with E-state index in [1.807, 2.05) is 0 Å². The smallest absolute Gasteiger partial charge is 0.396 e. The van der Waals surface area contributed by atoms with Crippen LogP contribution in [0.4, 0.5) is 13.2 Å². The highest BCUT2D eigenvalue weighted by atomic mass is 32.3. The summed E-state index contributed by atoms with van der Waals surface area (Å²) in [4.78, 5) is 0. The number of hydrogen-bond donors (Lipinski definition) is 0. The summed E-state index contributed by atoms with van der Waals surface area (Å²) in [5.41, 5.74) is 0. The number of alkyl halides is 3. The predicted octanol–water partition coefficient (Wildman–Crippen LogP) is 0.650. The summed E-state index contributed by atoms with van der Waals surface area (Å²) < 4.78 is 65.3. The van der Waals surface area contributed by atoms with Crippen LogP contribution in [0.5, 0.6) is 0 Å². The number of sulfone groups is 3. The van der Waals surface area contributed by atoms with Crippen molar-refractivity contribution in [1.82, 2.24) is 0 Å². The van der Waals surface area contributed by atoms with Gasteiger partial charge in [0.2, 0.25) is 0 Å². The quantitative estimate of drug-likeness (QED) is 0.645. The Bertz CT molecular complexity index is 203. The van der Waals surface area contributed by atoms with Crippen molar-refractivity contribution in [2.24, 2.45) is 0 Å². The molecule has 0 aliphatic rings. The van der Waals surface area contributed by atoms with Gasteiger partial charge in [-0.05, 0) is 5.75 Å². The first kappa shape index (κ1) is 10.9. The summed E-state index contributed by atoms with van der Waals surface area (Å²) in [6, 6.07) is 0. The van der Waals surface area contributed by atoms with Gasteiger partial charge in [-0.25, -0.2) is 9.63 Å². The molecule has 0 fully saturated rings. The van der Waals surface area contributed by atoms with Gasteiger partial charge >= 0.3 is 6.18 Å². The Labute approximate surface area is 61.6 Å². The number of halogens is 3. The molecule has 0 aliphatic carbocycles. The van der Waals surface area contributed by atoms with Gasteiger partial charge in [0.05, 0.1) is 5.75 Å². The zero-order chi connectivity index (χ0) is 9.36. The van der Waals surface area contributed by atoms with Crippen molar-refractivity contribution in [2.45, 2.75) is 13.1 Å². The summed E-state index contributed by atoms with van der Waals surface area (Å²) in [7, 11) is -5.91. The van der Waals surface area contributed by atoms with E-state index in [1.54, 1.807) is 0 Å². The van der Waals surface area contributed by atoms with E-state index < -0.39 is 27.3 Å². The van der Waals surface area contributed by atoms with Crippen LogP contribution in [0.15, 0.2) is 0 Å². The van der Waals surface area contributed by atoms with Crippen molar-refractivity contribution >= 4 is 9.63 Å². The van der Waals surface area contributed by atoms with Crippen molar-refractivity contribution in [3.63, 3.8) is 0 Å². The molecule has 0 heterocycles. The van der Waals surface area contributed by atoms with E-state index in [0.29, 0.717) is 0 Å². The number of hydrogen-bond acceptors (Lipinski definition) is 3. The molecule has 0 aromatic carbocycles. The minimum absolute atomic E-state index is 0.889. The first-order valence-electron chi connectivity index (χ1n) is 2.70. The molecular weight excluding hydrogens is 185 g/mol. The molecule has 0 rings (SSSR count). The summed E-state index contributed by atoms with van der Waals surface area (Å²) in [6.07, 6.45) is -4.94. The molecule has 0 bridgehead atoms. The minimum atomic E-state index is -5.91. The molecule has 70 valence electrons. The van der Waals surface area contributed by atoms with Gasteiger partial charge in [0.15, 0.2) is 0 Å². The van der Waals surface area contributed by atoms with Gasteiger partial charge in [-0.15, -0.1) is 0 Å². The van der Waals surface area contributed by atoms with Crippen LogP contribution >= 0.6 is 0 Å². The fourth-order valence-electron chi connectivity index (χ4n) is 0.418. The Morgan fingerprint density at radius 3 is 1.82 bits per heavy atom. The number of rotatable bonds is 2. The fourth-order valence-corrected chi connectivity index (χ4v) is 1.25. The lowest BCUT2D eigenvalue weighted by Gasteiger charge is -2.54. The molecule has 3 nitrogen and oxygen atoms in total. The maximum Gasteiger partial charge on any atom is 0.396 e. The van der Waals surface area contributed by atoms with Gasteiger partial charge < -0.3 is 13.3 Å². The van der Waals surface area contributed by atoms with Gasteiger partial charge in [0.1, 0.15) is 0 Å². The standard InChI is InChI=1S/C4H9F3O3S/c1-2-11(8,9,10)3-4(5,6)7/h2-3H2,1H3,(H2,8,9,10)/p-2. The molecule has 0 amide bonds. The molecule has 0 aromatic rings. The SMILES string of the molecule is CCS(=O)([O-])([O-])CC(F)(F)F. The van der Waals surface area contributed by atoms with Crippen molar-refractivity contribution in [3.05, 3.63) is 0 Å². The topological polar surface area (TPSA) is 63.2 Å². The van der Waals surface area contributed by atoms with Crippen LogP contribution in [0.25, 0.3) is 0 Å². The first-order valence-corrected chi connectivity index (χ1v) is 4.86. The van der Waals surface area contributed by atoms with Crippen molar-refractivity contribution in [3.8, 4) is 0 Å². The summed E-state index contributed by atoms with van der Waals surface area (Å²) >= 11 is 0.